The molecule has 106 valence electrons. The van der Waals surface area contributed by atoms with E-state index in [2.05, 4.69) is 18.7 Å². The molecule has 19 heavy (non-hydrogen) atoms. The molecule has 1 aromatic rings. The Morgan fingerprint density at radius 3 is 2.53 bits per heavy atom. The fraction of sp³-hybridized carbons (Fsp3) is 0.571. The first-order valence-corrected chi connectivity index (χ1v) is 7.50. The summed E-state index contributed by atoms with van der Waals surface area (Å²) in [6.45, 7) is 6.32. The normalized spacial score (nSPS) is 26.4. The van der Waals surface area contributed by atoms with Crippen LogP contribution in [-0.4, -0.2) is 35.0 Å². The predicted molar refractivity (Wildman–Crippen MR) is 76.2 cm³/mol. The summed E-state index contributed by atoms with van der Waals surface area (Å²) in [6, 6.07) is 3.34. The Morgan fingerprint density at radius 1 is 1.32 bits per heavy atom. The Balaban J connectivity index is 2.26. The summed E-state index contributed by atoms with van der Waals surface area (Å²) in [5, 5.41) is 0.962. The monoisotopic (exact) mass is 286 g/mol. The summed E-state index contributed by atoms with van der Waals surface area (Å²) in [4.78, 5) is 2.17. The number of nitrogens with two attached hydrogens (primary N) is 1. The van der Waals surface area contributed by atoms with Gasteiger partial charge in [0, 0.05) is 35.7 Å². The lowest BCUT2D eigenvalue weighted by Crippen LogP contribution is -2.45. The van der Waals surface area contributed by atoms with Crippen LogP contribution in [0.2, 0.25) is 0 Å². The highest BCUT2D eigenvalue weighted by Gasteiger charge is 2.29. The van der Waals surface area contributed by atoms with Crippen LogP contribution < -0.4 is 5.73 Å². The number of halogens is 2. The third kappa shape index (κ3) is 3.46. The van der Waals surface area contributed by atoms with Crippen molar-refractivity contribution in [1.82, 2.24) is 4.90 Å². The van der Waals surface area contributed by atoms with E-state index in [1.807, 2.05) is 11.8 Å². The fourth-order valence-electron chi connectivity index (χ4n) is 2.71. The van der Waals surface area contributed by atoms with E-state index < -0.39 is 5.82 Å². The molecule has 3 atom stereocenters. The Bertz CT molecular complexity index is 431. The van der Waals surface area contributed by atoms with Gasteiger partial charge < -0.3 is 5.73 Å². The van der Waals surface area contributed by atoms with Gasteiger partial charge in [0.2, 0.25) is 0 Å². The van der Waals surface area contributed by atoms with Crippen molar-refractivity contribution < 1.29 is 8.78 Å². The zero-order chi connectivity index (χ0) is 14.0. The zero-order valence-corrected chi connectivity index (χ0v) is 12.1. The minimum absolute atomic E-state index is 0.249. The second-order valence-corrected chi connectivity index (χ2v) is 7.01. The van der Waals surface area contributed by atoms with Gasteiger partial charge in [-0.2, -0.15) is 11.8 Å². The molecule has 0 amide bonds. The quantitative estimate of drug-likeness (QED) is 0.926. The molecule has 1 aliphatic rings. The van der Waals surface area contributed by atoms with Crippen molar-refractivity contribution in [3.63, 3.8) is 0 Å². The largest absolute Gasteiger partial charge is 0.329 e. The van der Waals surface area contributed by atoms with E-state index in [0.29, 0.717) is 22.6 Å². The van der Waals surface area contributed by atoms with Crippen molar-refractivity contribution in [2.75, 3.05) is 19.6 Å². The average Bonchev–Trinajstić information content (AvgIpc) is 2.33. The van der Waals surface area contributed by atoms with Gasteiger partial charge in [0.15, 0.2) is 0 Å². The predicted octanol–water partition coefficient (Wildman–Crippen LogP) is 2.79. The van der Waals surface area contributed by atoms with E-state index in [1.54, 1.807) is 0 Å². The SMILES string of the molecule is CC1CN(C(CN)c2cc(F)ccc2F)CC(C)S1. The van der Waals surface area contributed by atoms with Crippen molar-refractivity contribution in [2.45, 2.75) is 30.4 Å². The fourth-order valence-corrected chi connectivity index (χ4v) is 4.06. The van der Waals surface area contributed by atoms with Gasteiger partial charge in [-0.3, -0.25) is 4.90 Å². The van der Waals surface area contributed by atoms with E-state index in [4.69, 9.17) is 5.73 Å². The van der Waals surface area contributed by atoms with Crippen LogP contribution in [0.1, 0.15) is 25.5 Å². The molecule has 2 N–H and O–H groups in total. The Hall–Kier alpha value is -0.650. The molecule has 0 aliphatic carbocycles. The first kappa shape index (κ1) is 14.8. The van der Waals surface area contributed by atoms with Crippen LogP contribution in [0.15, 0.2) is 18.2 Å². The van der Waals surface area contributed by atoms with Gasteiger partial charge in [0.1, 0.15) is 11.6 Å². The van der Waals surface area contributed by atoms with E-state index in [-0.39, 0.29) is 11.9 Å². The van der Waals surface area contributed by atoms with Gasteiger partial charge in [-0.25, -0.2) is 8.78 Å². The minimum atomic E-state index is -0.415. The summed E-state index contributed by atoms with van der Waals surface area (Å²) in [7, 11) is 0. The van der Waals surface area contributed by atoms with Gasteiger partial charge in [0.05, 0.1) is 6.04 Å². The van der Waals surface area contributed by atoms with Gasteiger partial charge in [-0.05, 0) is 18.2 Å². The van der Waals surface area contributed by atoms with Crippen LogP contribution in [-0.2, 0) is 0 Å². The third-order valence-corrected chi connectivity index (χ3v) is 4.66. The standard InChI is InChI=1S/C14H20F2N2S/c1-9-7-18(8-10(2)19-9)14(6-17)12-5-11(15)3-4-13(12)16/h3-5,9-10,14H,6-8,17H2,1-2H3. The number of nitrogens with zero attached hydrogens (tertiary/aromatic N) is 1. The molecule has 0 bridgehead atoms. The highest BCUT2D eigenvalue weighted by atomic mass is 32.2. The topological polar surface area (TPSA) is 29.3 Å². The van der Waals surface area contributed by atoms with Gasteiger partial charge in [0.25, 0.3) is 0 Å². The summed E-state index contributed by atoms with van der Waals surface area (Å²) >= 11 is 1.93. The van der Waals surface area contributed by atoms with Crippen molar-refractivity contribution in [1.29, 1.82) is 0 Å². The number of benzene rings is 1. The molecule has 0 radical (unpaired) electrons. The molecule has 2 rings (SSSR count). The second-order valence-electron chi connectivity index (χ2n) is 5.13. The molecular formula is C14H20F2N2S. The number of hydrogen-bond acceptors (Lipinski definition) is 3. The maximum atomic E-state index is 13.9. The zero-order valence-electron chi connectivity index (χ0n) is 11.3. The van der Waals surface area contributed by atoms with E-state index >= 15 is 0 Å². The van der Waals surface area contributed by atoms with Crippen molar-refractivity contribution >= 4 is 11.8 Å². The highest BCUT2D eigenvalue weighted by molar-refractivity contribution is 8.00. The van der Waals surface area contributed by atoms with Crippen LogP contribution in [0.5, 0.6) is 0 Å². The van der Waals surface area contributed by atoms with Crippen LogP contribution >= 0.6 is 11.8 Å². The number of rotatable bonds is 3. The summed E-state index contributed by atoms with van der Waals surface area (Å²) in [6.07, 6.45) is 0. The van der Waals surface area contributed by atoms with E-state index in [9.17, 15) is 8.78 Å². The molecule has 5 heteroatoms. The van der Waals surface area contributed by atoms with Crippen LogP contribution in [0, 0.1) is 11.6 Å². The van der Waals surface area contributed by atoms with Gasteiger partial charge in [-0.15, -0.1) is 0 Å². The average molecular weight is 286 g/mol. The van der Waals surface area contributed by atoms with Crippen molar-refractivity contribution in [2.24, 2.45) is 5.73 Å². The minimum Gasteiger partial charge on any atom is -0.329 e. The number of thioether (sulfide) groups is 1. The Morgan fingerprint density at radius 2 is 1.95 bits per heavy atom. The summed E-state index contributed by atoms with van der Waals surface area (Å²) in [5.74, 6) is -0.794. The molecule has 0 aromatic heterocycles. The molecule has 1 aromatic carbocycles. The van der Waals surface area contributed by atoms with Crippen molar-refractivity contribution in [3.8, 4) is 0 Å². The molecule has 1 fully saturated rings. The molecule has 0 spiro atoms. The summed E-state index contributed by atoms with van der Waals surface area (Å²) < 4.78 is 27.2. The molecule has 1 aliphatic heterocycles. The molecule has 1 heterocycles. The molecule has 3 unspecified atom stereocenters. The molecule has 2 nitrogen and oxygen atoms in total. The third-order valence-electron chi connectivity index (χ3n) is 3.43. The first-order valence-electron chi connectivity index (χ1n) is 6.55. The lowest BCUT2D eigenvalue weighted by atomic mass is 10.0. The summed E-state index contributed by atoms with van der Waals surface area (Å²) in [5.41, 5.74) is 6.18. The Kier molecular flexibility index (Phi) is 4.81. The second kappa shape index (κ2) is 6.20. The smallest absolute Gasteiger partial charge is 0.128 e. The number of hydrogen-bond donors (Lipinski definition) is 1. The molecule has 0 saturated carbocycles. The van der Waals surface area contributed by atoms with Gasteiger partial charge >= 0.3 is 0 Å². The van der Waals surface area contributed by atoms with E-state index in [0.717, 1.165) is 19.2 Å². The van der Waals surface area contributed by atoms with Crippen LogP contribution in [0.25, 0.3) is 0 Å². The van der Waals surface area contributed by atoms with Crippen LogP contribution in [0.3, 0.4) is 0 Å². The maximum Gasteiger partial charge on any atom is 0.128 e. The van der Waals surface area contributed by atoms with Gasteiger partial charge in [-0.1, -0.05) is 13.8 Å². The van der Waals surface area contributed by atoms with E-state index in [1.165, 1.54) is 12.1 Å². The first-order chi connectivity index (χ1) is 9.01. The lowest BCUT2D eigenvalue weighted by molar-refractivity contribution is 0.195. The van der Waals surface area contributed by atoms with Crippen LogP contribution in [0.4, 0.5) is 8.78 Å². The highest BCUT2D eigenvalue weighted by Crippen LogP contribution is 2.31. The molecular weight excluding hydrogens is 266 g/mol. The lowest BCUT2D eigenvalue weighted by Gasteiger charge is -2.39. The molecule has 1 saturated heterocycles. The Labute approximate surface area is 117 Å². The van der Waals surface area contributed by atoms with Crippen molar-refractivity contribution in [3.05, 3.63) is 35.4 Å². The maximum absolute atomic E-state index is 13.9.